The van der Waals surface area contributed by atoms with E-state index in [9.17, 15) is 40.5 Å². The highest BCUT2D eigenvalue weighted by Gasteiger charge is 2.44. The van der Waals surface area contributed by atoms with E-state index in [0.717, 1.165) is 0 Å². The van der Waals surface area contributed by atoms with Crippen molar-refractivity contribution in [3.8, 4) is 0 Å². The smallest absolute Gasteiger partial charge is 0.258 e. The molecule has 0 aliphatic heterocycles. The number of benzene rings is 2. The first-order chi connectivity index (χ1) is 14.5. The van der Waals surface area contributed by atoms with Gasteiger partial charge in [0.25, 0.3) is 22.7 Å². The van der Waals surface area contributed by atoms with Gasteiger partial charge < -0.3 is 0 Å². The molecule has 12 nitrogen and oxygen atoms in total. The Morgan fingerprint density at radius 3 is 1.32 bits per heavy atom. The van der Waals surface area contributed by atoms with Crippen molar-refractivity contribution in [2.45, 2.75) is 44.9 Å². The molecule has 2 atom stereocenters. The molecule has 0 heterocycles. The third kappa shape index (κ3) is 2.90. The van der Waals surface area contributed by atoms with Crippen molar-refractivity contribution in [3.05, 3.63) is 86.0 Å². The van der Waals surface area contributed by atoms with Crippen molar-refractivity contribution in [1.82, 2.24) is 0 Å². The number of nitrogens with zero attached hydrogens (tertiary/aromatic N) is 4. The van der Waals surface area contributed by atoms with Crippen LogP contribution in [0.25, 0.3) is 0 Å². The molecule has 2 aromatic carbocycles. The Bertz CT molecular complexity index is 1130. The van der Waals surface area contributed by atoms with Crippen LogP contribution in [0.2, 0.25) is 0 Å². The van der Waals surface area contributed by atoms with Crippen LogP contribution < -0.4 is 0 Å². The normalized spacial score (nSPS) is 18.6. The van der Waals surface area contributed by atoms with Gasteiger partial charge in [-0.05, 0) is 56.1 Å². The molecule has 2 aromatic rings. The first-order valence-electron chi connectivity index (χ1n) is 9.43. The first kappa shape index (κ1) is 20.3. The number of hydrogen-bond donors (Lipinski definition) is 0. The molecule has 0 N–H and O–H groups in total. The molecule has 2 bridgehead atoms. The summed E-state index contributed by atoms with van der Waals surface area (Å²) in [6.45, 7) is 2.65. The number of nitro groups is 4. The summed E-state index contributed by atoms with van der Waals surface area (Å²) in [6.07, 6.45) is 0.714. The van der Waals surface area contributed by atoms with Crippen LogP contribution in [-0.4, -0.2) is 19.7 Å². The van der Waals surface area contributed by atoms with E-state index in [1.807, 2.05) is 0 Å². The van der Waals surface area contributed by atoms with Gasteiger partial charge in [-0.2, -0.15) is 0 Å². The molecule has 2 aliphatic carbocycles. The van der Waals surface area contributed by atoms with Gasteiger partial charge in [-0.25, -0.2) is 0 Å². The Kier molecular flexibility index (Phi) is 4.45. The lowest BCUT2D eigenvalue weighted by atomic mass is 9.65. The second-order valence-electron chi connectivity index (χ2n) is 7.94. The van der Waals surface area contributed by atoms with Crippen LogP contribution in [0.4, 0.5) is 22.7 Å². The van der Waals surface area contributed by atoms with E-state index in [-0.39, 0.29) is 58.6 Å². The molecule has 160 valence electrons. The van der Waals surface area contributed by atoms with Crippen molar-refractivity contribution in [2.24, 2.45) is 0 Å². The zero-order chi connectivity index (χ0) is 22.8. The van der Waals surface area contributed by atoms with Crippen LogP contribution >= 0.6 is 0 Å². The van der Waals surface area contributed by atoms with Crippen molar-refractivity contribution < 1.29 is 19.7 Å². The minimum absolute atomic E-state index is 0.0465. The van der Waals surface area contributed by atoms with Gasteiger partial charge in [0.2, 0.25) is 0 Å². The second kappa shape index (κ2) is 6.79. The fourth-order valence-corrected chi connectivity index (χ4v) is 5.16. The van der Waals surface area contributed by atoms with Crippen LogP contribution in [0.15, 0.2) is 12.1 Å². The topological polar surface area (TPSA) is 173 Å². The molecule has 0 saturated heterocycles. The Morgan fingerprint density at radius 1 is 0.677 bits per heavy atom. The maximum atomic E-state index is 11.8. The molecular formula is C19H16N4O8. The van der Waals surface area contributed by atoms with Crippen molar-refractivity contribution in [1.29, 1.82) is 0 Å². The minimum atomic E-state index is -0.665. The second-order valence-corrected chi connectivity index (χ2v) is 7.94. The lowest BCUT2D eigenvalue weighted by Crippen LogP contribution is -2.27. The highest BCUT2D eigenvalue weighted by atomic mass is 16.6. The van der Waals surface area contributed by atoms with Gasteiger partial charge >= 0.3 is 0 Å². The largest absolute Gasteiger partial charge is 0.282 e. The molecule has 0 saturated carbocycles. The maximum absolute atomic E-state index is 11.8. The van der Waals surface area contributed by atoms with Crippen molar-refractivity contribution >= 4 is 22.7 Å². The molecule has 0 fully saturated rings. The average Bonchev–Trinajstić information content (AvgIpc) is 2.66. The molecule has 4 rings (SSSR count). The molecule has 2 aliphatic rings. The quantitative estimate of drug-likeness (QED) is 0.511. The lowest BCUT2D eigenvalue weighted by molar-refractivity contribution is -0.396. The highest BCUT2D eigenvalue weighted by Crippen LogP contribution is 2.54. The monoisotopic (exact) mass is 428 g/mol. The summed E-state index contributed by atoms with van der Waals surface area (Å²) in [4.78, 5) is 43.9. The third-order valence-electron chi connectivity index (χ3n) is 6.44. The third-order valence-corrected chi connectivity index (χ3v) is 6.44. The summed E-state index contributed by atoms with van der Waals surface area (Å²) in [5.74, 6) is -0.780. The summed E-state index contributed by atoms with van der Waals surface area (Å²) in [7, 11) is 0. The molecule has 0 spiro atoms. The van der Waals surface area contributed by atoms with Gasteiger partial charge in [0, 0.05) is 23.3 Å². The van der Waals surface area contributed by atoms with Gasteiger partial charge in [0.05, 0.1) is 19.7 Å². The zero-order valence-electron chi connectivity index (χ0n) is 16.5. The van der Waals surface area contributed by atoms with Crippen LogP contribution in [-0.2, 0) is 12.8 Å². The average molecular weight is 428 g/mol. The molecule has 31 heavy (non-hydrogen) atoms. The Labute approximate surface area is 174 Å². The molecule has 0 amide bonds. The summed E-state index contributed by atoms with van der Waals surface area (Å²) in [5.41, 5.74) is 0.193. The lowest BCUT2D eigenvalue weighted by Gasteiger charge is -2.37. The van der Waals surface area contributed by atoms with E-state index < -0.39 is 19.7 Å². The van der Waals surface area contributed by atoms with Gasteiger partial charge in [-0.15, -0.1) is 0 Å². The number of fused-ring (bicyclic) bond motifs is 6. The van der Waals surface area contributed by atoms with E-state index in [2.05, 4.69) is 0 Å². The van der Waals surface area contributed by atoms with Gasteiger partial charge in [-0.1, -0.05) is 0 Å². The van der Waals surface area contributed by atoms with Crippen LogP contribution in [0.3, 0.4) is 0 Å². The Morgan fingerprint density at radius 2 is 1.03 bits per heavy atom. The first-order valence-corrected chi connectivity index (χ1v) is 9.43. The molecule has 0 aromatic heterocycles. The van der Waals surface area contributed by atoms with E-state index in [4.69, 9.17) is 0 Å². The van der Waals surface area contributed by atoms with E-state index in [0.29, 0.717) is 28.7 Å². The fourth-order valence-electron chi connectivity index (χ4n) is 5.16. The molecular weight excluding hydrogens is 412 g/mol. The number of rotatable bonds is 4. The predicted molar refractivity (Wildman–Crippen MR) is 106 cm³/mol. The van der Waals surface area contributed by atoms with Gasteiger partial charge in [-0.3, -0.25) is 40.5 Å². The summed E-state index contributed by atoms with van der Waals surface area (Å²) in [6, 6.07) is 2.68. The van der Waals surface area contributed by atoms with Crippen LogP contribution in [0.1, 0.15) is 51.6 Å². The predicted octanol–water partition coefficient (Wildman–Crippen LogP) is 4.31. The zero-order valence-corrected chi connectivity index (χ0v) is 16.5. The van der Waals surface area contributed by atoms with Crippen LogP contribution in [0, 0.1) is 54.3 Å². The Balaban J connectivity index is 1.98. The van der Waals surface area contributed by atoms with E-state index >= 15 is 0 Å². The standard InChI is InChI=1S/C19H16N4O8/c1-8-16(20(24)25)6-12-11-3-10(4-14(12)18(8)22(28)29)13-7-17(21(26)27)9(2)19(23(30)31)15(13)5-11/h6-7,10-11H,3-5H2,1-2H3. The Hall–Kier alpha value is -3.96. The van der Waals surface area contributed by atoms with Crippen molar-refractivity contribution in [2.75, 3.05) is 0 Å². The van der Waals surface area contributed by atoms with E-state index in [1.54, 1.807) is 0 Å². The number of hydrogen-bond acceptors (Lipinski definition) is 8. The fraction of sp³-hybridized carbons (Fsp3) is 0.368. The van der Waals surface area contributed by atoms with Gasteiger partial charge in [0.15, 0.2) is 0 Å². The van der Waals surface area contributed by atoms with Crippen molar-refractivity contribution in [3.63, 3.8) is 0 Å². The van der Waals surface area contributed by atoms with E-state index in [1.165, 1.54) is 26.0 Å². The summed E-state index contributed by atoms with van der Waals surface area (Å²) < 4.78 is 0. The molecule has 2 unspecified atom stereocenters. The molecule has 0 radical (unpaired) electrons. The SMILES string of the molecule is Cc1c([N+](=O)[O-])cc2c(c1[N+](=O)[O-])CC1CC2Cc2c1cc([N+](=O)[O-])c(C)c2[N+](=O)[O-]. The summed E-state index contributed by atoms with van der Waals surface area (Å²) in [5, 5.41) is 46.5. The highest BCUT2D eigenvalue weighted by molar-refractivity contribution is 5.67. The minimum Gasteiger partial charge on any atom is -0.258 e. The number of nitro benzene ring substituents is 4. The molecule has 12 heteroatoms. The maximum Gasteiger partial charge on any atom is 0.282 e. The summed E-state index contributed by atoms with van der Waals surface area (Å²) >= 11 is 0. The van der Waals surface area contributed by atoms with Crippen LogP contribution in [0.5, 0.6) is 0 Å². The van der Waals surface area contributed by atoms with Gasteiger partial charge in [0.1, 0.15) is 11.1 Å².